The van der Waals surface area contributed by atoms with E-state index in [4.69, 9.17) is 0 Å². The predicted octanol–water partition coefficient (Wildman–Crippen LogP) is 1.91. The Balaban J connectivity index is 2.12. The van der Waals surface area contributed by atoms with Gasteiger partial charge in [-0.15, -0.1) is 0 Å². The molecule has 19 heavy (non-hydrogen) atoms. The van der Waals surface area contributed by atoms with Gasteiger partial charge in [-0.25, -0.2) is 0 Å². The Morgan fingerprint density at radius 2 is 2.21 bits per heavy atom. The van der Waals surface area contributed by atoms with Crippen molar-refractivity contribution in [3.05, 3.63) is 30.1 Å². The molecule has 4 nitrogen and oxygen atoms in total. The maximum Gasteiger partial charge on any atom is 0.236 e. The van der Waals surface area contributed by atoms with Gasteiger partial charge in [-0.1, -0.05) is 25.8 Å². The van der Waals surface area contributed by atoms with E-state index >= 15 is 0 Å². The third kappa shape index (κ3) is 6.91. The molecule has 2 N–H and O–H groups in total. The number of hydrogen-bond acceptors (Lipinski definition) is 3. The van der Waals surface area contributed by atoms with Gasteiger partial charge in [0.25, 0.3) is 0 Å². The second-order valence-corrected chi connectivity index (χ2v) is 4.79. The molecule has 1 rings (SSSR count). The number of nitrogens with zero attached hydrogens (tertiary/aromatic N) is 1. The number of amides is 1. The van der Waals surface area contributed by atoms with E-state index in [1.54, 1.807) is 6.20 Å². The molecular weight excluding hydrogens is 238 g/mol. The quantitative estimate of drug-likeness (QED) is 0.669. The van der Waals surface area contributed by atoms with E-state index in [0.29, 0.717) is 0 Å². The number of rotatable bonds is 9. The van der Waals surface area contributed by atoms with Crippen LogP contribution in [-0.4, -0.2) is 30.0 Å². The zero-order valence-corrected chi connectivity index (χ0v) is 12.0. The molecule has 1 heterocycles. The molecule has 1 aromatic heterocycles. The Hall–Kier alpha value is -1.42. The monoisotopic (exact) mass is 263 g/mol. The molecule has 0 aliphatic heterocycles. The van der Waals surface area contributed by atoms with Crippen molar-refractivity contribution in [1.82, 2.24) is 15.6 Å². The van der Waals surface area contributed by atoms with Crippen molar-refractivity contribution in [2.45, 2.75) is 45.6 Å². The van der Waals surface area contributed by atoms with Crippen LogP contribution in [0.5, 0.6) is 0 Å². The van der Waals surface area contributed by atoms with Crippen LogP contribution in [0, 0.1) is 0 Å². The summed E-state index contributed by atoms with van der Waals surface area (Å²) in [6.45, 7) is 5.62. The van der Waals surface area contributed by atoms with Crippen LogP contribution < -0.4 is 10.6 Å². The summed E-state index contributed by atoms with van der Waals surface area (Å²) >= 11 is 0. The number of carbonyl (C=O) groups excluding carboxylic acids is 1. The molecule has 1 unspecified atom stereocenters. The van der Waals surface area contributed by atoms with E-state index in [1.165, 1.54) is 18.4 Å². The van der Waals surface area contributed by atoms with Gasteiger partial charge >= 0.3 is 0 Å². The number of unbranched alkanes of at least 4 members (excludes halogenated alkanes) is 2. The number of nitrogens with one attached hydrogen (secondary N) is 2. The van der Waals surface area contributed by atoms with Crippen LogP contribution in [0.2, 0.25) is 0 Å². The normalized spacial score (nSPS) is 12.1. The number of aromatic nitrogens is 1. The molecule has 0 fully saturated rings. The van der Waals surface area contributed by atoms with Crippen LogP contribution in [0.25, 0.3) is 0 Å². The predicted molar refractivity (Wildman–Crippen MR) is 77.9 cm³/mol. The smallest absolute Gasteiger partial charge is 0.236 e. The summed E-state index contributed by atoms with van der Waals surface area (Å²) in [6.07, 6.45) is 7.92. The van der Waals surface area contributed by atoms with Crippen molar-refractivity contribution in [1.29, 1.82) is 0 Å². The first-order valence-electron chi connectivity index (χ1n) is 7.14. The Morgan fingerprint density at radius 3 is 2.89 bits per heavy atom. The van der Waals surface area contributed by atoms with Gasteiger partial charge in [-0.05, 0) is 37.9 Å². The fraction of sp³-hybridized carbons (Fsp3) is 0.600. The molecule has 0 aliphatic rings. The SMILES string of the molecule is CCCCCNC(=O)C(C)NCCc1cccnc1. The second kappa shape index (κ2) is 9.50. The van der Waals surface area contributed by atoms with Crippen LogP contribution in [0.4, 0.5) is 0 Å². The minimum atomic E-state index is -0.140. The van der Waals surface area contributed by atoms with Crippen LogP contribution in [0.1, 0.15) is 38.7 Å². The summed E-state index contributed by atoms with van der Waals surface area (Å²) in [5, 5.41) is 6.18. The average molecular weight is 263 g/mol. The zero-order chi connectivity index (χ0) is 13.9. The maximum absolute atomic E-state index is 11.8. The Kier molecular flexibility index (Phi) is 7.82. The lowest BCUT2D eigenvalue weighted by atomic mass is 10.2. The standard InChI is InChI=1S/C15H25N3O/c1-3-4-5-10-18-15(19)13(2)17-11-8-14-7-6-9-16-12-14/h6-7,9,12-13,17H,3-5,8,10-11H2,1-2H3,(H,18,19). The summed E-state index contributed by atoms with van der Waals surface area (Å²) < 4.78 is 0. The molecule has 0 spiro atoms. The average Bonchev–Trinajstić information content (AvgIpc) is 2.44. The van der Waals surface area contributed by atoms with Crippen molar-refractivity contribution in [3.8, 4) is 0 Å². The van der Waals surface area contributed by atoms with Crippen LogP contribution in [0.3, 0.4) is 0 Å². The lowest BCUT2D eigenvalue weighted by molar-refractivity contribution is -0.122. The largest absolute Gasteiger partial charge is 0.355 e. The van der Waals surface area contributed by atoms with Crippen molar-refractivity contribution < 1.29 is 4.79 Å². The van der Waals surface area contributed by atoms with E-state index in [-0.39, 0.29) is 11.9 Å². The van der Waals surface area contributed by atoms with E-state index in [9.17, 15) is 4.79 Å². The van der Waals surface area contributed by atoms with E-state index in [1.807, 2.05) is 25.3 Å². The Bertz CT molecular complexity index is 354. The summed E-state index contributed by atoms with van der Waals surface area (Å²) in [5.74, 6) is 0.0855. The Morgan fingerprint density at radius 1 is 1.37 bits per heavy atom. The molecule has 1 aromatic rings. The first kappa shape index (κ1) is 15.6. The van der Waals surface area contributed by atoms with Gasteiger partial charge < -0.3 is 10.6 Å². The molecule has 0 aromatic carbocycles. The Labute approximate surface area is 116 Å². The van der Waals surface area contributed by atoms with Crippen LogP contribution in [0.15, 0.2) is 24.5 Å². The number of hydrogen-bond donors (Lipinski definition) is 2. The molecule has 0 radical (unpaired) electrons. The maximum atomic E-state index is 11.8. The molecule has 0 saturated heterocycles. The van der Waals surface area contributed by atoms with E-state index < -0.39 is 0 Å². The molecule has 1 atom stereocenters. The van der Waals surface area contributed by atoms with E-state index in [2.05, 4.69) is 22.5 Å². The topological polar surface area (TPSA) is 54.0 Å². The van der Waals surface area contributed by atoms with Crippen molar-refractivity contribution in [2.24, 2.45) is 0 Å². The summed E-state index contributed by atoms with van der Waals surface area (Å²) in [7, 11) is 0. The van der Waals surface area contributed by atoms with Crippen molar-refractivity contribution in [2.75, 3.05) is 13.1 Å². The molecule has 4 heteroatoms. The molecule has 0 aliphatic carbocycles. The van der Waals surface area contributed by atoms with Crippen molar-refractivity contribution >= 4 is 5.91 Å². The van der Waals surface area contributed by atoms with Gasteiger partial charge in [-0.3, -0.25) is 9.78 Å². The van der Waals surface area contributed by atoms with Gasteiger partial charge in [0.05, 0.1) is 6.04 Å². The highest BCUT2D eigenvalue weighted by Gasteiger charge is 2.10. The fourth-order valence-corrected chi connectivity index (χ4v) is 1.81. The molecule has 0 bridgehead atoms. The van der Waals surface area contributed by atoms with Gasteiger partial charge in [0, 0.05) is 18.9 Å². The highest BCUT2D eigenvalue weighted by Crippen LogP contribution is 1.96. The third-order valence-electron chi connectivity index (χ3n) is 3.06. The lowest BCUT2D eigenvalue weighted by Crippen LogP contribution is -2.43. The highest BCUT2D eigenvalue weighted by atomic mass is 16.2. The van der Waals surface area contributed by atoms with Gasteiger partial charge in [-0.2, -0.15) is 0 Å². The third-order valence-corrected chi connectivity index (χ3v) is 3.06. The van der Waals surface area contributed by atoms with Gasteiger partial charge in [0.15, 0.2) is 0 Å². The fourth-order valence-electron chi connectivity index (χ4n) is 1.81. The minimum absolute atomic E-state index is 0.0855. The first-order chi connectivity index (χ1) is 9.24. The summed E-state index contributed by atoms with van der Waals surface area (Å²) in [6, 6.07) is 3.84. The summed E-state index contributed by atoms with van der Waals surface area (Å²) in [5.41, 5.74) is 1.19. The number of carbonyl (C=O) groups is 1. The lowest BCUT2D eigenvalue weighted by Gasteiger charge is -2.13. The van der Waals surface area contributed by atoms with Crippen molar-refractivity contribution in [3.63, 3.8) is 0 Å². The van der Waals surface area contributed by atoms with Gasteiger partial charge in [0.1, 0.15) is 0 Å². The molecular formula is C15H25N3O. The molecule has 1 amide bonds. The number of pyridine rings is 1. The zero-order valence-electron chi connectivity index (χ0n) is 12.0. The minimum Gasteiger partial charge on any atom is -0.355 e. The summed E-state index contributed by atoms with van der Waals surface area (Å²) in [4.78, 5) is 15.8. The van der Waals surface area contributed by atoms with E-state index in [0.717, 1.165) is 25.9 Å². The molecule has 106 valence electrons. The second-order valence-electron chi connectivity index (χ2n) is 4.79. The van der Waals surface area contributed by atoms with Gasteiger partial charge in [0.2, 0.25) is 5.91 Å². The van der Waals surface area contributed by atoms with Crippen LogP contribution >= 0.6 is 0 Å². The first-order valence-corrected chi connectivity index (χ1v) is 7.14. The molecule has 0 saturated carbocycles. The highest BCUT2D eigenvalue weighted by molar-refractivity contribution is 5.81. The van der Waals surface area contributed by atoms with Crippen LogP contribution in [-0.2, 0) is 11.2 Å².